The number of nitrogens with zero attached hydrogens (tertiary/aromatic N) is 3. The van der Waals surface area contributed by atoms with Crippen LogP contribution in [0, 0.1) is 0 Å². The Kier molecular flexibility index (Phi) is 4.49. The van der Waals surface area contributed by atoms with E-state index in [1.165, 1.54) is 6.07 Å². The molecule has 0 saturated heterocycles. The molecule has 0 radical (unpaired) electrons. The minimum atomic E-state index is -1.29. The number of carboxylic acid groups (broad SMARTS) is 1. The van der Waals surface area contributed by atoms with E-state index in [4.69, 9.17) is 5.73 Å². The largest absolute Gasteiger partial charge is 0.476 e. The molecule has 26 heavy (non-hydrogen) atoms. The van der Waals surface area contributed by atoms with E-state index in [2.05, 4.69) is 20.2 Å². The fourth-order valence-electron chi connectivity index (χ4n) is 2.62. The molecule has 0 atom stereocenters. The number of nitrogen functional groups attached to an aromatic ring is 1. The number of aromatic carboxylic acids is 1. The molecule has 0 amide bonds. The lowest BCUT2D eigenvalue weighted by molar-refractivity contribution is 0.0691. The molecule has 4 N–H and O–H groups in total. The number of carbonyl (C=O) groups is 1. The molecule has 3 aromatic rings. The van der Waals surface area contributed by atoms with E-state index in [0.717, 1.165) is 0 Å². The average Bonchev–Trinajstić information content (AvgIpc) is 2.62. The van der Waals surface area contributed by atoms with E-state index in [1.807, 2.05) is 44.2 Å². The van der Waals surface area contributed by atoms with Gasteiger partial charge in [0.25, 0.3) is 5.56 Å². The maximum absolute atomic E-state index is 11.7. The van der Waals surface area contributed by atoms with Crippen molar-refractivity contribution in [2.24, 2.45) is 0 Å². The molecular formula is C18H17N5O3. The van der Waals surface area contributed by atoms with Crippen LogP contribution in [0.3, 0.4) is 0 Å². The van der Waals surface area contributed by atoms with E-state index in [9.17, 15) is 14.7 Å². The van der Waals surface area contributed by atoms with Gasteiger partial charge in [-0.1, -0.05) is 44.2 Å². The summed E-state index contributed by atoms with van der Waals surface area (Å²) < 4.78 is 0. The number of nitrogens with two attached hydrogens (primary N) is 1. The molecule has 0 aliphatic heterocycles. The van der Waals surface area contributed by atoms with Crippen LogP contribution < -0.4 is 11.3 Å². The molecule has 8 heteroatoms. The molecule has 0 unspecified atom stereocenters. The van der Waals surface area contributed by atoms with E-state index < -0.39 is 5.97 Å². The van der Waals surface area contributed by atoms with Crippen LogP contribution in [0.5, 0.6) is 0 Å². The first-order valence-corrected chi connectivity index (χ1v) is 7.94. The number of H-pyrrole nitrogens is 1. The molecule has 8 nitrogen and oxygen atoms in total. The summed E-state index contributed by atoms with van der Waals surface area (Å²) in [5.41, 5.74) is 7.46. The standard InChI is InChI=1S/C18H17N5O3/c1-9(2)11-8-12(24)22-23-14(11)15-13(10-6-4-3-5-7-10)21-17(19)16(20-15)18(25)26/h3-9H,1-2H3,(H2,19,21)(H,22,24)(H,25,26). The Hall–Kier alpha value is -3.55. The summed E-state index contributed by atoms with van der Waals surface area (Å²) in [6, 6.07) is 10.6. The minimum absolute atomic E-state index is 0.0314. The first kappa shape index (κ1) is 17.3. The number of hydrogen-bond acceptors (Lipinski definition) is 6. The molecule has 0 fully saturated rings. The van der Waals surface area contributed by atoms with E-state index >= 15 is 0 Å². The lowest BCUT2D eigenvalue weighted by Gasteiger charge is -2.14. The van der Waals surface area contributed by atoms with Gasteiger partial charge in [-0.25, -0.2) is 19.9 Å². The average molecular weight is 351 g/mol. The highest BCUT2D eigenvalue weighted by molar-refractivity contribution is 5.92. The van der Waals surface area contributed by atoms with Crippen LogP contribution in [-0.2, 0) is 0 Å². The second-order valence-electron chi connectivity index (χ2n) is 6.02. The van der Waals surface area contributed by atoms with Crippen LogP contribution in [0.4, 0.5) is 5.82 Å². The van der Waals surface area contributed by atoms with Crippen molar-refractivity contribution in [3.63, 3.8) is 0 Å². The van der Waals surface area contributed by atoms with Crippen LogP contribution in [-0.4, -0.2) is 31.2 Å². The van der Waals surface area contributed by atoms with Gasteiger partial charge in [0, 0.05) is 11.6 Å². The summed E-state index contributed by atoms with van der Waals surface area (Å²) >= 11 is 0. The van der Waals surface area contributed by atoms with Crippen LogP contribution in [0.15, 0.2) is 41.2 Å². The Bertz CT molecular complexity index is 1030. The molecule has 1 aromatic carbocycles. The lowest BCUT2D eigenvalue weighted by Crippen LogP contribution is -2.15. The highest BCUT2D eigenvalue weighted by atomic mass is 16.4. The SMILES string of the molecule is CC(C)c1cc(=O)[nH]nc1-c1nc(C(=O)O)c(N)nc1-c1ccccc1. The monoisotopic (exact) mass is 351 g/mol. The smallest absolute Gasteiger partial charge is 0.358 e. The van der Waals surface area contributed by atoms with Crippen molar-refractivity contribution in [3.05, 3.63) is 58.0 Å². The zero-order valence-electron chi connectivity index (χ0n) is 14.2. The topological polar surface area (TPSA) is 135 Å². The van der Waals surface area contributed by atoms with Crippen molar-refractivity contribution < 1.29 is 9.90 Å². The van der Waals surface area contributed by atoms with Crippen LogP contribution in [0.1, 0.15) is 35.8 Å². The Morgan fingerprint density at radius 2 is 1.81 bits per heavy atom. The van der Waals surface area contributed by atoms with Gasteiger partial charge in [-0.2, -0.15) is 5.10 Å². The zero-order valence-corrected chi connectivity index (χ0v) is 14.2. The third kappa shape index (κ3) is 3.16. The van der Waals surface area contributed by atoms with Gasteiger partial charge < -0.3 is 10.8 Å². The maximum Gasteiger partial charge on any atom is 0.358 e. The van der Waals surface area contributed by atoms with Gasteiger partial charge in [-0.05, 0) is 11.5 Å². The summed E-state index contributed by atoms with van der Waals surface area (Å²) in [7, 11) is 0. The highest BCUT2D eigenvalue weighted by Crippen LogP contribution is 2.33. The van der Waals surface area contributed by atoms with E-state index in [1.54, 1.807) is 0 Å². The predicted octanol–water partition coefficient (Wildman–Crippen LogP) is 2.30. The fourth-order valence-corrected chi connectivity index (χ4v) is 2.62. The van der Waals surface area contributed by atoms with Crippen molar-refractivity contribution in [1.29, 1.82) is 0 Å². The number of aromatic amines is 1. The van der Waals surface area contributed by atoms with Gasteiger partial charge in [0.2, 0.25) is 0 Å². The van der Waals surface area contributed by atoms with Gasteiger partial charge in [-0.3, -0.25) is 4.79 Å². The summed E-state index contributed by atoms with van der Waals surface area (Å²) in [6.45, 7) is 3.82. The zero-order chi connectivity index (χ0) is 18.8. The first-order valence-electron chi connectivity index (χ1n) is 7.94. The van der Waals surface area contributed by atoms with Gasteiger partial charge in [0.05, 0.1) is 0 Å². The van der Waals surface area contributed by atoms with E-state index in [0.29, 0.717) is 22.5 Å². The molecule has 132 valence electrons. The second kappa shape index (κ2) is 6.75. The quantitative estimate of drug-likeness (QED) is 0.656. The highest BCUT2D eigenvalue weighted by Gasteiger charge is 2.23. The number of rotatable bonds is 4. The van der Waals surface area contributed by atoms with Crippen LogP contribution >= 0.6 is 0 Å². The second-order valence-corrected chi connectivity index (χ2v) is 6.02. The Balaban J connectivity index is 2.38. The number of anilines is 1. The van der Waals surface area contributed by atoms with Gasteiger partial charge in [0.15, 0.2) is 11.5 Å². The van der Waals surface area contributed by atoms with Crippen molar-refractivity contribution in [3.8, 4) is 22.6 Å². The number of nitrogens with one attached hydrogen (secondary N) is 1. The molecule has 3 rings (SSSR count). The summed E-state index contributed by atoms with van der Waals surface area (Å²) in [5.74, 6) is -1.50. The van der Waals surface area contributed by atoms with Gasteiger partial charge in [0.1, 0.15) is 17.1 Å². The molecule has 0 saturated carbocycles. The first-order chi connectivity index (χ1) is 12.4. The normalized spacial score (nSPS) is 10.9. The summed E-state index contributed by atoms with van der Waals surface area (Å²) in [4.78, 5) is 31.6. The van der Waals surface area contributed by atoms with Crippen molar-refractivity contribution in [1.82, 2.24) is 20.2 Å². The minimum Gasteiger partial charge on any atom is -0.476 e. The van der Waals surface area contributed by atoms with Crippen molar-refractivity contribution >= 4 is 11.8 Å². The van der Waals surface area contributed by atoms with Crippen LogP contribution in [0.25, 0.3) is 22.6 Å². The Morgan fingerprint density at radius 3 is 2.42 bits per heavy atom. The molecule has 0 aliphatic carbocycles. The van der Waals surface area contributed by atoms with E-state index in [-0.39, 0.29) is 28.7 Å². The Labute approximate surface area is 148 Å². The maximum atomic E-state index is 11.7. The molecule has 2 aromatic heterocycles. The number of carboxylic acids is 1. The van der Waals surface area contributed by atoms with Crippen LogP contribution in [0.2, 0.25) is 0 Å². The number of hydrogen-bond donors (Lipinski definition) is 3. The summed E-state index contributed by atoms with van der Waals surface area (Å²) in [5, 5.41) is 15.9. The van der Waals surface area contributed by atoms with Gasteiger partial charge in [-0.15, -0.1) is 0 Å². The fraction of sp³-hybridized carbons (Fsp3) is 0.167. The number of aromatic nitrogens is 4. The van der Waals surface area contributed by atoms with Crippen molar-refractivity contribution in [2.75, 3.05) is 5.73 Å². The molecular weight excluding hydrogens is 334 g/mol. The third-order valence-electron chi connectivity index (χ3n) is 3.86. The number of benzene rings is 1. The molecule has 2 heterocycles. The third-order valence-corrected chi connectivity index (χ3v) is 3.86. The summed E-state index contributed by atoms with van der Waals surface area (Å²) in [6.07, 6.45) is 0. The molecule has 0 spiro atoms. The van der Waals surface area contributed by atoms with Crippen molar-refractivity contribution in [2.45, 2.75) is 19.8 Å². The lowest BCUT2D eigenvalue weighted by atomic mass is 9.98. The van der Waals surface area contributed by atoms with Gasteiger partial charge >= 0.3 is 5.97 Å². The molecule has 0 bridgehead atoms. The Morgan fingerprint density at radius 1 is 1.12 bits per heavy atom. The molecule has 0 aliphatic rings. The predicted molar refractivity (Wildman–Crippen MR) is 96.8 cm³/mol.